The molecule has 0 aromatic carbocycles. The fourth-order valence-corrected chi connectivity index (χ4v) is 2.24. The van der Waals surface area contributed by atoms with Crippen molar-refractivity contribution in [2.24, 2.45) is 5.73 Å². The van der Waals surface area contributed by atoms with Crippen molar-refractivity contribution in [2.75, 3.05) is 13.1 Å². The molecule has 2 unspecified atom stereocenters. The predicted molar refractivity (Wildman–Crippen MR) is 65.2 cm³/mol. The van der Waals surface area contributed by atoms with Crippen molar-refractivity contribution in [1.82, 2.24) is 14.7 Å². The Morgan fingerprint density at radius 3 is 2.69 bits per heavy atom. The second kappa shape index (κ2) is 4.55. The number of aromatic nitrogens is 2. The zero-order chi connectivity index (χ0) is 11.7. The molecule has 0 amide bonds. The zero-order valence-electron chi connectivity index (χ0n) is 10.4. The summed E-state index contributed by atoms with van der Waals surface area (Å²) in [5.41, 5.74) is 6.97. The van der Waals surface area contributed by atoms with Crippen LogP contribution >= 0.6 is 0 Å². The minimum Gasteiger partial charge on any atom is -0.324 e. The predicted octanol–water partition coefficient (Wildman–Crippen LogP) is 1.56. The molecule has 2 heterocycles. The van der Waals surface area contributed by atoms with Crippen LogP contribution in [0.2, 0.25) is 0 Å². The van der Waals surface area contributed by atoms with Gasteiger partial charge in [0.25, 0.3) is 0 Å². The maximum atomic E-state index is 5.84. The van der Waals surface area contributed by atoms with Crippen LogP contribution in [-0.2, 0) is 0 Å². The normalized spacial score (nSPS) is 24.2. The molecule has 0 saturated carbocycles. The van der Waals surface area contributed by atoms with Crippen LogP contribution in [0.4, 0.5) is 0 Å². The summed E-state index contributed by atoms with van der Waals surface area (Å²) in [5, 5.41) is 4.42. The molecule has 2 atom stereocenters. The van der Waals surface area contributed by atoms with Crippen molar-refractivity contribution in [3.05, 3.63) is 18.0 Å². The van der Waals surface area contributed by atoms with Crippen LogP contribution < -0.4 is 5.73 Å². The molecule has 1 aliphatic rings. The van der Waals surface area contributed by atoms with E-state index in [0.29, 0.717) is 12.1 Å². The van der Waals surface area contributed by atoms with E-state index in [1.165, 1.54) is 13.0 Å². The highest BCUT2D eigenvalue weighted by atomic mass is 15.3. The number of likely N-dealkylation sites (tertiary alicyclic amines) is 1. The molecule has 4 heteroatoms. The molecule has 2 rings (SSSR count). The molecule has 16 heavy (non-hydrogen) atoms. The first-order chi connectivity index (χ1) is 7.58. The average molecular weight is 222 g/mol. The van der Waals surface area contributed by atoms with Crippen molar-refractivity contribution in [2.45, 2.75) is 45.3 Å². The minimum absolute atomic E-state index is 0.0800. The van der Waals surface area contributed by atoms with Gasteiger partial charge in [0.05, 0.1) is 12.2 Å². The summed E-state index contributed by atoms with van der Waals surface area (Å²) in [7, 11) is 0. The van der Waals surface area contributed by atoms with Gasteiger partial charge in [-0.1, -0.05) is 0 Å². The molecule has 1 aliphatic heterocycles. The van der Waals surface area contributed by atoms with Crippen LogP contribution in [-0.4, -0.2) is 33.8 Å². The first-order valence-corrected chi connectivity index (χ1v) is 6.11. The Labute approximate surface area is 97.4 Å². The van der Waals surface area contributed by atoms with Crippen molar-refractivity contribution in [3.8, 4) is 0 Å². The molecule has 0 aliphatic carbocycles. The smallest absolute Gasteiger partial charge is 0.0658 e. The first kappa shape index (κ1) is 11.6. The van der Waals surface area contributed by atoms with Crippen LogP contribution in [0.1, 0.15) is 44.8 Å². The number of rotatable bonds is 3. The minimum atomic E-state index is 0.0800. The Balaban J connectivity index is 2.03. The van der Waals surface area contributed by atoms with E-state index in [1.807, 2.05) is 13.1 Å². The summed E-state index contributed by atoms with van der Waals surface area (Å²) < 4.78 is 2.08. The van der Waals surface area contributed by atoms with Gasteiger partial charge in [-0.25, -0.2) is 0 Å². The molecule has 1 aromatic heterocycles. The molecule has 1 fully saturated rings. The molecule has 2 N–H and O–H groups in total. The molecule has 1 aromatic rings. The Hall–Kier alpha value is -0.870. The zero-order valence-corrected chi connectivity index (χ0v) is 10.4. The van der Waals surface area contributed by atoms with Gasteiger partial charge in [-0.05, 0) is 27.2 Å². The molecule has 0 bridgehead atoms. The van der Waals surface area contributed by atoms with Crippen LogP contribution in [0, 0.1) is 0 Å². The van der Waals surface area contributed by atoms with E-state index in [-0.39, 0.29) is 6.04 Å². The van der Waals surface area contributed by atoms with Gasteiger partial charge in [0, 0.05) is 36.9 Å². The molecule has 1 saturated heterocycles. The van der Waals surface area contributed by atoms with E-state index in [4.69, 9.17) is 5.73 Å². The Morgan fingerprint density at radius 2 is 2.19 bits per heavy atom. The largest absolute Gasteiger partial charge is 0.324 e. The second-order valence-electron chi connectivity index (χ2n) is 5.07. The summed E-state index contributed by atoms with van der Waals surface area (Å²) in [6.45, 7) is 8.78. The second-order valence-corrected chi connectivity index (χ2v) is 5.07. The van der Waals surface area contributed by atoms with Crippen LogP contribution in [0.15, 0.2) is 12.4 Å². The third-order valence-electron chi connectivity index (χ3n) is 3.45. The highest BCUT2D eigenvalue weighted by molar-refractivity contribution is 5.09. The average Bonchev–Trinajstić information content (AvgIpc) is 2.86. The van der Waals surface area contributed by atoms with Gasteiger partial charge < -0.3 is 5.73 Å². The van der Waals surface area contributed by atoms with E-state index in [1.54, 1.807) is 0 Å². The van der Waals surface area contributed by atoms with Crippen molar-refractivity contribution in [1.29, 1.82) is 0 Å². The lowest BCUT2D eigenvalue weighted by atomic mass is 10.2. The molecule has 4 nitrogen and oxygen atoms in total. The number of hydrogen-bond donors (Lipinski definition) is 1. The van der Waals surface area contributed by atoms with Gasteiger partial charge in [-0.15, -0.1) is 0 Å². The van der Waals surface area contributed by atoms with Crippen LogP contribution in [0.5, 0.6) is 0 Å². The lowest BCUT2D eigenvalue weighted by molar-refractivity contribution is 0.262. The van der Waals surface area contributed by atoms with E-state index in [0.717, 1.165) is 12.1 Å². The van der Waals surface area contributed by atoms with E-state index in [2.05, 4.69) is 34.7 Å². The topological polar surface area (TPSA) is 47.1 Å². The molecule has 0 spiro atoms. The maximum absolute atomic E-state index is 5.84. The van der Waals surface area contributed by atoms with E-state index >= 15 is 0 Å². The number of hydrogen-bond acceptors (Lipinski definition) is 3. The van der Waals surface area contributed by atoms with Crippen LogP contribution in [0.3, 0.4) is 0 Å². The van der Waals surface area contributed by atoms with Crippen molar-refractivity contribution in [3.63, 3.8) is 0 Å². The van der Waals surface area contributed by atoms with Gasteiger partial charge in [-0.2, -0.15) is 5.10 Å². The van der Waals surface area contributed by atoms with Gasteiger partial charge in [0.1, 0.15) is 0 Å². The fraction of sp³-hybridized carbons (Fsp3) is 0.750. The van der Waals surface area contributed by atoms with E-state index < -0.39 is 0 Å². The molecular formula is C12H22N4. The first-order valence-electron chi connectivity index (χ1n) is 6.11. The Kier molecular flexibility index (Phi) is 3.30. The summed E-state index contributed by atoms with van der Waals surface area (Å²) >= 11 is 0. The fourth-order valence-electron chi connectivity index (χ4n) is 2.24. The quantitative estimate of drug-likeness (QED) is 0.844. The number of nitrogens with zero attached hydrogens (tertiary/aromatic N) is 3. The standard InChI is InChI=1S/C12H22N4/c1-9(2)15-5-4-12(8-15)16-7-11(6-14-16)10(3)13/h6-7,9-10,12H,4-5,8,13H2,1-3H3. The lowest BCUT2D eigenvalue weighted by Gasteiger charge is -2.20. The highest BCUT2D eigenvalue weighted by Crippen LogP contribution is 2.23. The van der Waals surface area contributed by atoms with Crippen molar-refractivity contribution >= 4 is 0 Å². The molecule has 0 radical (unpaired) electrons. The molecular weight excluding hydrogens is 200 g/mol. The summed E-state index contributed by atoms with van der Waals surface area (Å²) in [4.78, 5) is 2.50. The van der Waals surface area contributed by atoms with Gasteiger partial charge in [0.2, 0.25) is 0 Å². The third kappa shape index (κ3) is 2.28. The van der Waals surface area contributed by atoms with Gasteiger partial charge in [0.15, 0.2) is 0 Å². The lowest BCUT2D eigenvalue weighted by Crippen LogP contribution is -2.28. The van der Waals surface area contributed by atoms with Gasteiger partial charge >= 0.3 is 0 Å². The summed E-state index contributed by atoms with van der Waals surface area (Å²) in [6.07, 6.45) is 5.18. The number of nitrogens with two attached hydrogens (primary N) is 1. The van der Waals surface area contributed by atoms with Gasteiger partial charge in [-0.3, -0.25) is 9.58 Å². The van der Waals surface area contributed by atoms with E-state index in [9.17, 15) is 0 Å². The highest BCUT2D eigenvalue weighted by Gasteiger charge is 2.25. The van der Waals surface area contributed by atoms with Crippen molar-refractivity contribution < 1.29 is 0 Å². The maximum Gasteiger partial charge on any atom is 0.0658 e. The third-order valence-corrected chi connectivity index (χ3v) is 3.45. The SMILES string of the molecule is CC(N)c1cnn(C2CCN(C(C)C)C2)c1. The summed E-state index contributed by atoms with van der Waals surface area (Å²) in [6, 6.07) is 1.24. The van der Waals surface area contributed by atoms with Crippen LogP contribution in [0.25, 0.3) is 0 Å². The monoisotopic (exact) mass is 222 g/mol. The Bertz CT molecular complexity index is 343. The Morgan fingerprint density at radius 1 is 1.44 bits per heavy atom. The molecule has 90 valence electrons. The summed E-state index contributed by atoms with van der Waals surface area (Å²) in [5.74, 6) is 0.